The van der Waals surface area contributed by atoms with Gasteiger partial charge < -0.3 is 4.84 Å². The molecule has 0 aromatic heterocycles. The zero-order chi connectivity index (χ0) is 15.2. The summed E-state index contributed by atoms with van der Waals surface area (Å²) in [5, 5.41) is 3.82. The van der Waals surface area contributed by atoms with Crippen molar-refractivity contribution >= 4 is 23.5 Å². The molecule has 4 heteroatoms. The van der Waals surface area contributed by atoms with Gasteiger partial charge >= 0.3 is 5.97 Å². The lowest BCUT2D eigenvalue weighted by atomic mass is 9.98. The molecule has 1 aliphatic carbocycles. The van der Waals surface area contributed by atoms with Crippen LogP contribution in [-0.4, -0.2) is 17.5 Å². The fourth-order valence-corrected chi connectivity index (χ4v) is 1.91. The molecule has 4 nitrogen and oxygen atoms in total. The van der Waals surface area contributed by atoms with Gasteiger partial charge in [0.25, 0.3) is 0 Å². The van der Waals surface area contributed by atoms with Gasteiger partial charge in [-0.1, -0.05) is 35.5 Å². The van der Waals surface area contributed by atoms with Crippen LogP contribution < -0.4 is 0 Å². The second-order valence-corrected chi connectivity index (χ2v) is 4.65. The van der Waals surface area contributed by atoms with Gasteiger partial charge in [0, 0.05) is 6.08 Å². The van der Waals surface area contributed by atoms with Crippen molar-refractivity contribution in [2.24, 2.45) is 5.16 Å². The first kappa shape index (κ1) is 14.7. The lowest BCUT2D eigenvalue weighted by Crippen LogP contribution is -2.12. The first-order valence-electron chi connectivity index (χ1n) is 6.49. The van der Waals surface area contributed by atoms with Crippen LogP contribution in [0.25, 0.3) is 6.08 Å². The maximum Gasteiger partial charge on any atom is 0.358 e. The number of carbonyl (C=O) groups is 2. The highest BCUT2D eigenvalue weighted by Crippen LogP contribution is 2.14. The van der Waals surface area contributed by atoms with Crippen molar-refractivity contribution in [3.63, 3.8) is 0 Å². The number of ketones is 1. The highest BCUT2D eigenvalue weighted by atomic mass is 16.7. The van der Waals surface area contributed by atoms with E-state index < -0.39 is 5.97 Å². The highest BCUT2D eigenvalue weighted by molar-refractivity contribution is 6.22. The van der Waals surface area contributed by atoms with Crippen LogP contribution in [0.1, 0.15) is 19.4 Å². The Bertz CT molecular complexity index is 655. The molecule has 21 heavy (non-hydrogen) atoms. The van der Waals surface area contributed by atoms with Crippen molar-refractivity contribution in [1.29, 1.82) is 0 Å². The van der Waals surface area contributed by atoms with Gasteiger partial charge in [0.1, 0.15) is 5.71 Å². The number of oxime groups is 1. The van der Waals surface area contributed by atoms with Crippen molar-refractivity contribution in [3.8, 4) is 0 Å². The van der Waals surface area contributed by atoms with E-state index >= 15 is 0 Å². The van der Waals surface area contributed by atoms with E-state index in [2.05, 4.69) is 5.16 Å². The van der Waals surface area contributed by atoms with E-state index in [1.165, 1.54) is 18.2 Å². The number of carbonyl (C=O) groups excluding carboxylic acids is 2. The van der Waals surface area contributed by atoms with E-state index in [1.807, 2.05) is 30.3 Å². The van der Waals surface area contributed by atoms with Crippen LogP contribution in [0, 0.1) is 0 Å². The van der Waals surface area contributed by atoms with Crippen LogP contribution in [0.15, 0.2) is 64.9 Å². The molecule has 0 saturated carbocycles. The molecule has 1 aromatic carbocycles. The second kappa shape index (κ2) is 6.61. The topological polar surface area (TPSA) is 55.7 Å². The zero-order valence-electron chi connectivity index (χ0n) is 11.9. The third-order valence-electron chi connectivity index (χ3n) is 2.90. The van der Waals surface area contributed by atoms with Gasteiger partial charge in [-0.05, 0) is 48.8 Å². The standard InChI is InChI=1S/C17H15NO3/c1-12-10-15(19)11-13(2)17(12)18-21-16(20)9-8-14-6-4-3-5-7-14/h3-11H,1-2H3/b9-8+. The Balaban J connectivity index is 2.02. The van der Waals surface area contributed by atoms with Crippen LogP contribution in [0.2, 0.25) is 0 Å². The van der Waals surface area contributed by atoms with E-state index in [9.17, 15) is 9.59 Å². The van der Waals surface area contributed by atoms with Gasteiger partial charge in [-0.15, -0.1) is 0 Å². The molecule has 1 aromatic rings. The minimum absolute atomic E-state index is 0.0840. The monoisotopic (exact) mass is 281 g/mol. The molecule has 1 aliphatic rings. The molecule has 0 bridgehead atoms. The number of allylic oxidation sites excluding steroid dienone is 4. The smallest absolute Gasteiger partial charge is 0.313 e. The molecule has 0 spiro atoms. The van der Waals surface area contributed by atoms with Gasteiger partial charge in [0.05, 0.1) is 0 Å². The Morgan fingerprint density at radius 3 is 2.33 bits per heavy atom. The van der Waals surface area contributed by atoms with E-state index in [0.717, 1.165) is 5.56 Å². The highest BCUT2D eigenvalue weighted by Gasteiger charge is 2.14. The summed E-state index contributed by atoms with van der Waals surface area (Å²) in [5.41, 5.74) is 2.77. The first-order valence-corrected chi connectivity index (χ1v) is 6.49. The molecule has 0 N–H and O–H groups in total. The summed E-state index contributed by atoms with van der Waals surface area (Å²) in [6, 6.07) is 9.42. The van der Waals surface area contributed by atoms with Crippen LogP contribution in [-0.2, 0) is 14.4 Å². The summed E-state index contributed by atoms with van der Waals surface area (Å²) < 4.78 is 0. The summed E-state index contributed by atoms with van der Waals surface area (Å²) >= 11 is 0. The largest absolute Gasteiger partial charge is 0.358 e. The van der Waals surface area contributed by atoms with Crippen molar-refractivity contribution < 1.29 is 14.4 Å². The molecule has 106 valence electrons. The molecule has 0 heterocycles. The Labute approximate surface area is 123 Å². The molecular formula is C17H15NO3. The number of nitrogens with zero attached hydrogens (tertiary/aromatic N) is 1. The predicted molar refractivity (Wildman–Crippen MR) is 81.5 cm³/mol. The number of hydrogen-bond donors (Lipinski definition) is 0. The maximum atomic E-state index is 11.6. The average molecular weight is 281 g/mol. The molecule has 0 saturated heterocycles. The molecule has 0 unspecified atom stereocenters. The Kier molecular flexibility index (Phi) is 4.61. The maximum absolute atomic E-state index is 11.6. The first-order chi connectivity index (χ1) is 10.1. The summed E-state index contributed by atoms with van der Waals surface area (Å²) in [5.74, 6) is -0.650. The van der Waals surface area contributed by atoms with Gasteiger partial charge in [0.15, 0.2) is 5.78 Å². The van der Waals surface area contributed by atoms with Gasteiger partial charge in [-0.2, -0.15) is 0 Å². The lowest BCUT2D eigenvalue weighted by Gasteiger charge is -2.09. The van der Waals surface area contributed by atoms with Crippen LogP contribution in [0.5, 0.6) is 0 Å². The SMILES string of the molecule is CC1=CC(=O)C=C(C)C1=NOC(=O)/C=C/c1ccccc1. The fraction of sp³-hybridized carbons (Fsp3) is 0.118. The molecule has 0 aliphatic heterocycles. The van der Waals surface area contributed by atoms with Gasteiger partial charge in [-0.3, -0.25) is 4.79 Å². The molecule has 2 rings (SSSR count). The Morgan fingerprint density at radius 1 is 1.10 bits per heavy atom. The normalized spacial score (nSPS) is 14.8. The van der Waals surface area contributed by atoms with E-state index in [4.69, 9.17) is 4.84 Å². The number of benzene rings is 1. The van der Waals surface area contributed by atoms with E-state index in [0.29, 0.717) is 16.9 Å². The molecular weight excluding hydrogens is 266 g/mol. The minimum atomic E-state index is -0.566. The molecule has 0 fully saturated rings. The van der Waals surface area contributed by atoms with Crippen molar-refractivity contribution in [2.75, 3.05) is 0 Å². The van der Waals surface area contributed by atoms with Crippen molar-refractivity contribution in [3.05, 3.63) is 65.3 Å². The summed E-state index contributed by atoms with van der Waals surface area (Å²) in [6.07, 6.45) is 5.88. The zero-order valence-corrected chi connectivity index (χ0v) is 11.9. The summed E-state index contributed by atoms with van der Waals surface area (Å²) in [4.78, 5) is 27.8. The lowest BCUT2D eigenvalue weighted by molar-refractivity contribution is -0.137. The summed E-state index contributed by atoms with van der Waals surface area (Å²) in [7, 11) is 0. The third kappa shape index (κ3) is 4.11. The number of rotatable bonds is 3. The third-order valence-corrected chi connectivity index (χ3v) is 2.90. The molecule has 0 atom stereocenters. The van der Waals surface area contributed by atoms with Crippen molar-refractivity contribution in [1.82, 2.24) is 0 Å². The van der Waals surface area contributed by atoms with Crippen LogP contribution in [0.3, 0.4) is 0 Å². The Hall–Kier alpha value is -2.75. The van der Waals surface area contributed by atoms with Crippen molar-refractivity contribution in [2.45, 2.75) is 13.8 Å². The molecule has 0 amide bonds. The summed E-state index contributed by atoms with van der Waals surface area (Å²) in [6.45, 7) is 3.50. The van der Waals surface area contributed by atoms with Crippen LogP contribution in [0.4, 0.5) is 0 Å². The molecule has 0 radical (unpaired) electrons. The fourth-order valence-electron chi connectivity index (χ4n) is 1.91. The predicted octanol–water partition coefficient (Wildman–Crippen LogP) is 3.07. The minimum Gasteiger partial charge on any atom is -0.313 e. The quantitative estimate of drug-likeness (QED) is 0.370. The second-order valence-electron chi connectivity index (χ2n) is 4.65. The van der Waals surface area contributed by atoms with Gasteiger partial charge in [0.2, 0.25) is 0 Å². The number of hydrogen-bond acceptors (Lipinski definition) is 4. The average Bonchev–Trinajstić information content (AvgIpc) is 2.45. The van der Waals surface area contributed by atoms with E-state index in [-0.39, 0.29) is 5.78 Å². The van der Waals surface area contributed by atoms with Crippen LogP contribution >= 0.6 is 0 Å². The Morgan fingerprint density at radius 2 is 1.71 bits per heavy atom. The van der Waals surface area contributed by atoms with Gasteiger partial charge in [-0.25, -0.2) is 4.79 Å². The van der Waals surface area contributed by atoms with E-state index in [1.54, 1.807) is 19.9 Å².